The smallest absolute Gasteiger partial charge is 0.273 e. The second-order valence-corrected chi connectivity index (χ2v) is 7.86. The van der Waals surface area contributed by atoms with Crippen molar-refractivity contribution in [3.05, 3.63) is 105 Å². The molecule has 0 atom stereocenters. The first-order valence-electron chi connectivity index (χ1n) is 10.0. The second-order valence-electron chi connectivity index (χ2n) is 7.42. The molecule has 0 fully saturated rings. The largest absolute Gasteiger partial charge is 0.360 e. The van der Waals surface area contributed by atoms with Crippen LogP contribution in [0.25, 0.3) is 5.57 Å². The van der Waals surface area contributed by atoms with Gasteiger partial charge in [0.05, 0.1) is 0 Å². The van der Waals surface area contributed by atoms with Crippen LogP contribution in [0, 0.1) is 18.6 Å². The zero-order valence-electron chi connectivity index (χ0n) is 17.8. The predicted octanol–water partition coefficient (Wildman–Crippen LogP) is 6.29. The van der Waals surface area contributed by atoms with E-state index in [4.69, 9.17) is 16.1 Å². The van der Waals surface area contributed by atoms with Crippen molar-refractivity contribution in [3.63, 3.8) is 0 Å². The maximum Gasteiger partial charge on any atom is 0.273 e. The molecule has 0 aliphatic carbocycles. The molecule has 3 aromatic rings. The van der Waals surface area contributed by atoms with Crippen LogP contribution in [0.2, 0.25) is 5.02 Å². The van der Waals surface area contributed by atoms with Gasteiger partial charge in [0.15, 0.2) is 5.69 Å². The summed E-state index contributed by atoms with van der Waals surface area (Å²) in [6, 6.07) is 10.3. The van der Waals surface area contributed by atoms with Crippen LogP contribution in [-0.4, -0.2) is 17.6 Å². The second kappa shape index (κ2) is 10.4. The van der Waals surface area contributed by atoms with Crippen LogP contribution < -0.4 is 5.32 Å². The number of halogens is 3. The number of aromatic nitrogens is 1. The van der Waals surface area contributed by atoms with Gasteiger partial charge < -0.3 is 9.84 Å². The minimum absolute atomic E-state index is 0.0106. The molecule has 1 N–H and O–H groups in total. The number of aryl methyl sites for hydroxylation is 1. The van der Waals surface area contributed by atoms with Crippen LogP contribution >= 0.6 is 11.6 Å². The highest BCUT2D eigenvalue weighted by Crippen LogP contribution is 2.28. The Kier molecular flexibility index (Phi) is 7.59. The van der Waals surface area contributed by atoms with E-state index in [-0.39, 0.29) is 23.4 Å². The van der Waals surface area contributed by atoms with Gasteiger partial charge in [0, 0.05) is 24.1 Å². The number of carbonyl (C=O) groups excluding carboxylic acids is 1. The third-order valence-corrected chi connectivity index (χ3v) is 5.37. The van der Waals surface area contributed by atoms with Crippen LogP contribution in [0.1, 0.15) is 46.3 Å². The number of benzene rings is 2. The van der Waals surface area contributed by atoms with Gasteiger partial charge in [-0.15, -0.1) is 0 Å². The molecule has 0 spiro atoms. The Hall–Kier alpha value is -3.25. The molecule has 166 valence electrons. The summed E-state index contributed by atoms with van der Waals surface area (Å²) in [5, 5.41) is 7.19. The van der Waals surface area contributed by atoms with Gasteiger partial charge >= 0.3 is 0 Å². The van der Waals surface area contributed by atoms with Crippen molar-refractivity contribution in [2.75, 3.05) is 6.54 Å². The van der Waals surface area contributed by atoms with E-state index in [1.54, 1.807) is 6.08 Å². The van der Waals surface area contributed by atoms with Crippen molar-refractivity contribution in [2.24, 2.45) is 0 Å². The summed E-state index contributed by atoms with van der Waals surface area (Å²) >= 11 is 6.17. The van der Waals surface area contributed by atoms with Gasteiger partial charge in [0.25, 0.3) is 5.91 Å². The van der Waals surface area contributed by atoms with Gasteiger partial charge in [-0.25, -0.2) is 8.78 Å². The number of hydrogen-bond acceptors (Lipinski definition) is 3. The lowest BCUT2D eigenvalue weighted by molar-refractivity contribution is 0.0945. The summed E-state index contributed by atoms with van der Waals surface area (Å²) in [5.41, 5.74) is 4.29. The molecule has 0 bridgehead atoms. The number of hydrogen-bond donors (Lipinski definition) is 1. The molecule has 0 saturated heterocycles. The molecule has 0 radical (unpaired) electrons. The van der Waals surface area contributed by atoms with Crippen LogP contribution in [0.15, 0.2) is 65.2 Å². The van der Waals surface area contributed by atoms with E-state index in [1.165, 1.54) is 6.07 Å². The fourth-order valence-electron chi connectivity index (χ4n) is 3.35. The number of carbonyl (C=O) groups is 1. The minimum atomic E-state index is -0.554. The van der Waals surface area contributed by atoms with Crippen molar-refractivity contribution in [1.82, 2.24) is 10.5 Å². The molecule has 0 saturated carbocycles. The van der Waals surface area contributed by atoms with Crippen molar-refractivity contribution >= 4 is 23.1 Å². The zero-order valence-corrected chi connectivity index (χ0v) is 18.6. The summed E-state index contributed by atoms with van der Waals surface area (Å²) in [7, 11) is 0. The molecule has 0 aliphatic rings. The average Bonchev–Trinajstić information content (AvgIpc) is 3.24. The molecule has 1 heterocycles. The molecule has 0 aliphatic heterocycles. The molecule has 1 aromatic heterocycles. The minimum Gasteiger partial charge on any atom is -0.360 e. The Morgan fingerprint density at radius 3 is 2.75 bits per heavy atom. The standard InChI is InChI=1S/C25H23ClF2N2O2/c1-4-15(2)21(22-13-18(26)6-5-16(22)3)9-10-29-25(31)24-14-20(32-30-24)12-17-11-19(27)7-8-23(17)28/h4-8,11,13-14H,1,9-10,12H2,2-3H3,(H,29,31)/b21-15-. The van der Waals surface area contributed by atoms with Crippen molar-refractivity contribution in [1.29, 1.82) is 0 Å². The van der Waals surface area contributed by atoms with Gasteiger partial charge in [-0.05, 0) is 78.4 Å². The molecule has 3 rings (SSSR count). The lowest BCUT2D eigenvalue weighted by Crippen LogP contribution is -2.25. The summed E-state index contributed by atoms with van der Waals surface area (Å²) < 4.78 is 32.3. The summed E-state index contributed by atoms with van der Waals surface area (Å²) in [5.74, 6) is -1.26. The first-order chi connectivity index (χ1) is 15.3. The summed E-state index contributed by atoms with van der Waals surface area (Å²) in [6.07, 6.45) is 2.32. The van der Waals surface area contributed by atoms with Crippen LogP contribution in [0.5, 0.6) is 0 Å². The first-order valence-corrected chi connectivity index (χ1v) is 10.4. The monoisotopic (exact) mass is 456 g/mol. The fraction of sp³-hybridized carbons (Fsp3) is 0.200. The average molecular weight is 457 g/mol. The summed E-state index contributed by atoms with van der Waals surface area (Å²) in [4.78, 5) is 12.5. The molecule has 7 heteroatoms. The topological polar surface area (TPSA) is 55.1 Å². The van der Waals surface area contributed by atoms with Crippen molar-refractivity contribution < 1.29 is 18.1 Å². The number of nitrogens with one attached hydrogen (secondary N) is 1. The van der Waals surface area contributed by atoms with Gasteiger partial charge in [-0.3, -0.25) is 4.79 Å². The van der Waals surface area contributed by atoms with E-state index >= 15 is 0 Å². The van der Waals surface area contributed by atoms with E-state index in [0.29, 0.717) is 18.0 Å². The molecule has 0 unspecified atom stereocenters. The SMILES string of the molecule is C=C/C(C)=C(/CCNC(=O)c1cc(Cc2cc(F)ccc2F)on1)c1cc(Cl)ccc1C. The van der Waals surface area contributed by atoms with E-state index in [2.05, 4.69) is 17.1 Å². The maximum atomic E-state index is 13.8. The van der Waals surface area contributed by atoms with E-state index in [1.807, 2.05) is 32.0 Å². The lowest BCUT2D eigenvalue weighted by atomic mass is 9.94. The quantitative estimate of drug-likeness (QED) is 0.405. The highest BCUT2D eigenvalue weighted by Gasteiger charge is 2.15. The van der Waals surface area contributed by atoms with Crippen LogP contribution in [-0.2, 0) is 6.42 Å². The van der Waals surface area contributed by atoms with E-state index in [0.717, 1.165) is 40.5 Å². The molecule has 1 amide bonds. The Bertz CT molecular complexity index is 1180. The molecule has 2 aromatic carbocycles. The highest BCUT2D eigenvalue weighted by atomic mass is 35.5. The first kappa shape index (κ1) is 23.4. The van der Waals surface area contributed by atoms with E-state index < -0.39 is 17.5 Å². The Labute approximate surface area is 190 Å². The number of nitrogens with zero attached hydrogens (tertiary/aromatic N) is 1. The third kappa shape index (κ3) is 5.71. The maximum absolute atomic E-state index is 13.8. The lowest BCUT2D eigenvalue weighted by Gasteiger charge is -2.14. The third-order valence-electron chi connectivity index (χ3n) is 5.13. The fourth-order valence-corrected chi connectivity index (χ4v) is 3.52. The van der Waals surface area contributed by atoms with Gasteiger partial charge in [0.1, 0.15) is 17.4 Å². The normalized spacial score (nSPS) is 11.8. The molecule has 4 nitrogen and oxygen atoms in total. The Balaban J connectivity index is 1.66. The highest BCUT2D eigenvalue weighted by molar-refractivity contribution is 6.30. The van der Waals surface area contributed by atoms with Gasteiger partial charge in [0.2, 0.25) is 0 Å². The number of rotatable bonds is 8. The van der Waals surface area contributed by atoms with Crippen LogP contribution in [0.3, 0.4) is 0 Å². The van der Waals surface area contributed by atoms with Crippen molar-refractivity contribution in [2.45, 2.75) is 26.7 Å². The summed E-state index contributed by atoms with van der Waals surface area (Å²) in [6.45, 7) is 8.16. The van der Waals surface area contributed by atoms with Gasteiger partial charge in [-0.1, -0.05) is 35.5 Å². The van der Waals surface area contributed by atoms with E-state index in [9.17, 15) is 13.6 Å². The Morgan fingerprint density at radius 1 is 1.22 bits per heavy atom. The zero-order chi connectivity index (χ0) is 23.3. The number of amides is 1. The number of allylic oxidation sites excluding steroid dienone is 2. The molecular weight excluding hydrogens is 434 g/mol. The van der Waals surface area contributed by atoms with Crippen molar-refractivity contribution in [3.8, 4) is 0 Å². The van der Waals surface area contributed by atoms with Crippen LogP contribution in [0.4, 0.5) is 8.78 Å². The predicted molar refractivity (Wildman–Crippen MR) is 122 cm³/mol. The Morgan fingerprint density at radius 2 is 2.00 bits per heavy atom. The van der Waals surface area contributed by atoms with Gasteiger partial charge in [-0.2, -0.15) is 0 Å². The molecular formula is C25H23ClF2N2O2. The molecule has 32 heavy (non-hydrogen) atoms.